The summed E-state index contributed by atoms with van der Waals surface area (Å²) < 4.78 is 7.43. The lowest BCUT2D eigenvalue weighted by Crippen LogP contribution is -2.31. The molecule has 0 saturated carbocycles. The van der Waals surface area contributed by atoms with Gasteiger partial charge in [0.2, 0.25) is 0 Å². The van der Waals surface area contributed by atoms with Crippen molar-refractivity contribution in [2.24, 2.45) is 7.05 Å². The van der Waals surface area contributed by atoms with Crippen molar-refractivity contribution in [2.75, 3.05) is 7.11 Å². The molecule has 0 aromatic heterocycles. The van der Waals surface area contributed by atoms with Crippen LogP contribution in [0.2, 0.25) is 0 Å². The monoisotopic (exact) mass is 218 g/mol. The van der Waals surface area contributed by atoms with Crippen molar-refractivity contribution in [3.8, 4) is 22.6 Å². The fourth-order valence-electron chi connectivity index (χ4n) is 2.13. The Kier molecular flexibility index (Phi) is 2.46. The molecule has 0 aromatic rings. The van der Waals surface area contributed by atoms with E-state index in [4.69, 9.17) is 4.74 Å². The van der Waals surface area contributed by atoms with E-state index in [0.29, 0.717) is 5.75 Å². The molecule has 1 aliphatic heterocycles. The maximum absolute atomic E-state index is 10.0. The highest BCUT2D eigenvalue weighted by atomic mass is 16.5. The van der Waals surface area contributed by atoms with E-state index in [-0.39, 0.29) is 0 Å². The summed E-state index contributed by atoms with van der Waals surface area (Å²) in [6.07, 6.45) is 0. The van der Waals surface area contributed by atoms with Crippen molar-refractivity contribution in [1.29, 1.82) is 0 Å². The van der Waals surface area contributed by atoms with Crippen LogP contribution in [0.5, 0.6) is 11.5 Å². The summed E-state index contributed by atoms with van der Waals surface area (Å²) in [5.74, 6) is 1.08. The molecule has 1 aliphatic carbocycles. The predicted octanol–water partition coefficient (Wildman–Crippen LogP) is 1.95. The molecule has 0 saturated heterocycles. The summed E-state index contributed by atoms with van der Waals surface area (Å²) in [7, 11) is 3.64. The molecule has 3 heteroatoms. The highest BCUT2D eigenvalue weighted by molar-refractivity contribution is 5.79. The lowest BCUT2D eigenvalue weighted by molar-refractivity contribution is -0.679. The summed E-state index contributed by atoms with van der Waals surface area (Å²) in [5, 5.41) is 10.0. The third kappa shape index (κ3) is 1.32. The van der Waals surface area contributed by atoms with Crippen LogP contribution in [0.3, 0.4) is 0 Å². The van der Waals surface area contributed by atoms with E-state index in [9.17, 15) is 5.11 Å². The molecule has 1 heterocycles. The van der Waals surface area contributed by atoms with E-state index in [1.54, 1.807) is 19.2 Å². The Bertz CT molecular complexity index is 520. The van der Waals surface area contributed by atoms with Crippen molar-refractivity contribution >= 4 is 0 Å². The number of ether oxygens (including phenoxy) is 1. The Hall–Kier alpha value is -1.77. The van der Waals surface area contributed by atoms with Crippen LogP contribution >= 0.6 is 0 Å². The van der Waals surface area contributed by atoms with Gasteiger partial charge in [-0.25, -0.2) is 4.57 Å². The second-order valence-corrected chi connectivity index (χ2v) is 3.96. The summed E-state index contributed by atoms with van der Waals surface area (Å²) in [5.41, 5.74) is 3.97. The Morgan fingerprint density at radius 2 is 1.75 bits per heavy atom. The first-order valence-electron chi connectivity index (χ1n) is 5.22. The molecule has 0 aromatic carbocycles. The normalized spacial score (nSPS) is 10.8. The van der Waals surface area contributed by atoms with Gasteiger partial charge in [0.15, 0.2) is 11.4 Å². The fraction of sp³-hybridized carbons (Fsp3) is 0.308. The maximum Gasteiger partial charge on any atom is 0.190 e. The van der Waals surface area contributed by atoms with Crippen molar-refractivity contribution in [3.63, 3.8) is 0 Å². The van der Waals surface area contributed by atoms with Gasteiger partial charge in [0.1, 0.15) is 29.7 Å². The number of nitrogens with zero attached hydrogens (tertiary/aromatic N) is 1. The molecule has 1 N–H and O–H groups in total. The van der Waals surface area contributed by atoms with Gasteiger partial charge in [-0.3, -0.25) is 0 Å². The van der Waals surface area contributed by atoms with Crippen LogP contribution in [-0.4, -0.2) is 12.2 Å². The number of hydrogen-bond donors (Lipinski definition) is 1. The van der Waals surface area contributed by atoms with Gasteiger partial charge in [-0.1, -0.05) is 6.07 Å². The van der Waals surface area contributed by atoms with Crippen LogP contribution in [0.1, 0.15) is 11.4 Å². The second kappa shape index (κ2) is 3.67. The molecule has 0 spiro atoms. The third-order valence-electron chi connectivity index (χ3n) is 3.20. The average molecular weight is 218 g/mol. The van der Waals surface area contributed by atoms with Gasteiger partial charge in [-0.2, -0.15) is 0 Å². The zero-order chi connectivity index (χ0) is 11.9. The molecule has 0 radical (unpaired) electrons. The first-order chi connectivity index (χ1) is 7.57. The van der Waals surface area contributed by atoms with Gasteiger partial charge in [-0.15, -0.1) is 0 Å². The molecule has 2 rings (SSSR count). The SMILES string of the molecule is COc1cccc(O)c2c(C)[n+](C)c(C)c1-2. The number of methoxy groups -OCH3 is 1. The van der Waals surface area contributed by atoms with Crippen LogP contribution in [0.15, 0.2) is 18.2 Å². The molecule has 84 valence electrons. The average Bonchev–Trinajstić information content (AvgIpc) is 2.43. The van der Waals surface area contributed by atoms with Crippen LogP contribution in [0.25, 0.3) is 11.1 Å². The van der Waals surface area contributed by atoms with Crippen molar-refractivity contribution < 1.29 is 14.4 Å². The quantitative estimate of drug-likeness (QED) is 0.742. The molecule has 3 nitrogen and oxygen atoms in total. The van der Waals surface area contributed by atoms with Crippen LogP contribution in [-0.2, 0) is 7.05 Å². The number of hydrogen-bond acceptors (Lipinski definition) is 2. The number of aromatic nitrogens is 1. The van der Waals surface area contributed by atoms with Crippen LogP contribution in [0.4, 0.5) is 0 Å². The Labute approximate surface area is 95.3 Å². The second-order valence-electron chi connectivity index (χ2n) is 3.96. The molecule has 16 heavy (non-hydrogen) atoms. The van der Waals surface area contributed by atoms with Gasteiger partial charge >= 0.3 is 0 Å². The Morgan fingerprint density at radius 3 is 2.38 bits per heavy atom. The minimum Gasteiger partial charge on any atom is -0.507 e. The van der Waals surface area contributed by atoms with Gasteiger partial charge < -0.3 is 9.84 Å². The summed E-state index contributed by atoms with van der Waals surface area (Å²) >= 11 is 0. The standard InChI is InChI=1S/C13H15NO2/c1-8-12-10(15)6-5-7-11(16-4)13(12)9(2)14(8)3/h5-7H,1-4H3/p+1. The first kappa shape index (κ1) is 10.7. The molecule has 0 atom stereocenters. The lowest BCUT2D eigenvalue weighted by Gasteiger charge is -2.00. The Balaban J connectivity index is 2.94. The van der Waals surface area contributed by atoms with Crippen LogP contribution in [0, 0.1) is 13.8 Å². The summed E-state index contributed by atoms with van der Waals surface area (Å²) in [4.78, 5) is 0. The molecule has 0 amide bonds. The highest BCUT2D eigenvalue weighted by Gasteiger charge is 2.28. The zero-order valence-corrected chi connectivity index (χ0v) is 10.0. The predicted molar refractivity (Wildman–Crippen MR) is 61.9 cm³/mol. The van der Waals surface area contributed by atoms with E-state index in [1.807, 2.05) is 27.0 Å². The van der Waals surface area contributed by atoms with E-state index in [2.05, 4.69) is 4.57 Å². The van der Waals surface area contributed by atoms with Crippen molar-refractivity contribution in [2.45, 2.75) is 13.8 Å². The first-order valence-corrected chi connectivity index (χ1v) is 5.22. The molecule has 0 bridgehead atoms. The molecule has 2 aliphatic rings. The number of aromatic hydroxyl groups is 1. The molecular weight excluding hydrogens is 202 g/mol. The maximum atomic E-state index is 10.0. The van der Waals surface area contributed by atoms with E-state index >= 15 is 0 Å². The minimum absolute atomic E-state index is 0.291. The van der Waals surface area contributed by atoms with Crippen LogP contribution < -0.4 is 9.30 Å². The summed E-state index contributed by atoms with van der Waals surface area (Å²) in [6.45, 7) is 4.02. The fourth-order valence-corrected chi connectivity index (χ4v) is 2.13. The van der Waals surface area contributed by atoms with E-state index < -0.39 is 0 Å². The molecule has 0 unspecified atom stereocenters. The summed E-state index contributed by atoms with van der Waals surface area (Å²) in [6, 6.07) is 5.36. The van der Waals surface area contributed by atoms with Crippen molar-refractivity contribution in [1.82, 2.24) is 0 Å². The van der Waals surface area contributed by atoms with Crippen molar-refractivity contribution in [3.05, 3.63) is 29.6 Å². The largest absolute Gasteiger partial charge is 0.507 e. The number of fused-ring (bicyclic) bond motifs is 1. The number of rotatable bonds is 1. The zero-order valence-electron chi connectivity index (χ0n) is 10.0. The van der Waals surface area contributed by atoms with Gasteiger partial charge in [-0.05, 0) is 12.1 Å². The third-order valence-corrected chi connectivity index (χ3v) is 3.20. The minimum atomic E-state index is 0.291. The molecular formula is C13H16NO2+. The molecule has 0 fully saturated rings. The van der Waals surface area contributed by atoms with E-state index in [1.165, 1.54) is 0 Å². The lowest BCUT2D eigenvalue weighted by atomic mass is 10.1. The highest BCUT2D eigenvalue weighted by Crippen LogP contribution is 2.40. The Morgan fingerprint density at radius 1 is 1.12 bits per heavy atom. The van der Waals surface area contributed by atoms with Gasteiger partial charge in [0, 0.05) is 13.8 Å². The topological polar surface area (TPSA) is 33.3 Å². The van der Waals surface area contributed by atoms with Gasteiger partial charge in [0.25, 0.3) is 0 Å². The van der Waals surface area contributed by atoms with Gasteiger partial charge in [0.05, 0.1) is 7.11 Å². The smallest absolute Gasteiger partial charge is 0.190 e. The van der Waals surface area contributed by atoms with E-state index in [0.717, 1.165) is 28.3 Å².